The van der Waals surface area contributed by atoms with Crippen LogP contribution in [0.15, 0.2) is 21.1 Å². The van der Waals surface area contributed by atoms with Gasteiger partial charge in [0.1, 0.15) is 0 Å². The summed E-state index contributed by atoms with van der Waals surface area (Å²) < 4.78 is 31.1. The van der Waals surface area contributed by atoms with Crippen LogP contribution in [-0.2, 0) is 0 Å². The largest absolute Gasteiger partial charge is 0.337 e. The van der Waals surface area contributed by atoms with Gasteiger partial charge in [0.15, 0.2) is 11.6 Å². The maximum Gasteiger partial charge on any atom is 0.243 e. The third-order valence-corrected chi connectivity index (χ3v) is 2.88. The zero-order valence-electron chi connectivity index (χ0n) is 8.75. The van der Waals surface area contributed by atoms with Crippen LogP contribution in [0.2, 0.25) is 0 Å². The monoisotopic (exact) mass is 303 g/mol. The molecule has 0 saturated heterocycles. The molecule has 17 heavy (non-hydrogen) atoms. The van der Waals surface area contributed by atoms with Crippen molar-refractivity contribution in [2.75, 3.05) is 0 Å². The van der Waals surface area contributed by atoms with E-state index in [0.29, 0.717) is 5.56 Å². The second kappa shape index (κ2) is 4.50. The molecule has 1 atom stereocenters. The average molecular weight is 304 g/mol. The molecule has 7 heteroatoms. The van der Waals surface area contributed by atoms with Crippen molar-refractivity contribution in [1.29, 1.82) is 0 Å². The zero-order valence-corrected chi connectivity index (χ0v) is 10.3. The van der Waals surface area contributed by atoms with Crippen molar-refractivity contribution in [1.82, 2.24) is 10.1 Å². The molecule has 0 amide bonds. The Labute approximate surface area is 104 Å². The molecule has 2 N–H and O–H groups in total. The number of benzene rings is 1. The number of nitrogens with zero attached hydrogens (tertiary/aromatic N) is 2. The first-order valence-electron chi connectivity index (χ1n) is 4.73. The highest BCUT2D eigenvalue weighted by Gasteiger charge is 2.18. The lowest BCUT2D eigenvalue weighted by Gasteiger charge is -2.01. The minimum atomic E-state index is -0.991. The fraction of sp³-hybridized carbons (Fsp3) is 0.200. The van der Waals surface area contributed by atoms with Gasteiger partial charge in [0.2, 0.25) is 11.7 Å². The number of rotatable bonds is 2. The molecule has 0 aliphatic carbocycles. The number of halogens is 3. The second-order valence-electron chi connectivity index (χ2n) is 3.47. The first-order chi connectivity index (χ1) is 8.00. The molecule has 4 nitrogen and oxygen atoms in total. The first-order valence-corrected chi connectivity index (χ1v) is 5.53. The summed E-state index contributed by atoms with van der Waals surface area (Å²) in [4.78, 5) is 3.99. The molecule has 0 saturated carbocycles. The van der Waals surface area contributed by atoms with Crippen molar-refractivity contribution in [2.45, 2.75) is 13.0 Å². The van der Waals surface area contributed by atoms with E-state index in [-0.39, 0.29) is 16.2 Å². The van der Waals surface area contributed by atoms with Crippen LogP contribution in [0.25, 0.3) is 11.4 Å². The lowest BCUT2D eigenvalue weighted by atomic mass is 10.2. The van der Waals surface area contributed by atoms with Crippen molar-refractivity contribution < 1.29 is 13.3 Å². The van der Waals surface area contributed by atoms with Gasteiger partial charge in [0.25, 0.3) is 0 Å². The van der Waals surface area contributed by atoms with Crippen LogP contribution in [0.1, 0.15) is 18.9 Å². The van der Waals surface area contributed by atoms with Gasteiger partial charge in [-0.05, 0) is 35.0 Å². The van der Waals surface area contributed by atoms with Crippen LogP contribution in [0.3, 0.4) is 0 Å². The molecule has 0 aliphatic heterocycles. The molecule has 2 rings (SSSR count). The number of hydrogen-bond acceptors (Lipinski definition) is 4. The van der Waals surface area contributed by atoms with Crippen molar-refractivity contribution >= 4 is 15.9 Å². The van der Waals surface area contributed by atoms with Gasteiger partial charge in [-0.25, -0.2) is 8.78 Å². The van der Waals surface area contributed by atoms with E-state index in [4.69, 9.17) is 10.3 Å². The fourth-order valence-electron chi connectivity index (χ4n) is 1.23. The van der Waals surface area contributed by atoms with Crippen LogP contribution >= 0.6 is 15.9 Å². The molecule has 1 heterocycles. The predicted molar refractivity (Wildman–Crippen MR) is 60.0 cm³/mol. The molecule has 0 radical (unpaired) electrons. The molecule has 0 fully saturated rings. The summed E-state index contributed by atoms with van der Waals surface area (Å²) in [5.74, 6) is -1.55. The summed E-state index contributed by atoms with van der Waals surface area (Å²) in [6, 6.07) is 1.94. The third-order valence-electron chi connectivity index (χ3n) is 2.11. The molecule has 0 bridgehead atoms. The molecule has 1 aromatic heterocycles. The highest BCUT2D eigenvalue weighted by Crippen LogP contribution is 2.30. The molecular formula is C10H8BrF2N3O. The van der Waals surface area contributed by atoms with Crippen molar-refractivity contribution in [3.63, 3.8) is 0 Å². The summed E-state index contributed by atoms with van der Waals surface area (Å²) in [6.45, 7) is 1.68. The summed E-state index contributed by atoms with van der Waals surface area (Å²) >= 11 is 2.95. The predicted octanol–water partition coefficient (Wildman–Crippen LogP) is 2.80. The van der Waals surface area contributed by atoms with E-state index in [1.807, 2.05) is 0 Å². The Morgan fingerprint density at radius 2 is 2.12 bits per heavy atom. The highest BCUT2D eigenvalue weighted by molar-refractivity contribution is 9.10. The third kappa shape index (κ3) is 2.20. The molecule has 2 aromatic rings. The Hall–Kier alpha value is -1.34. The normalized spacial score (nSPS) is 12.8. The Balaban J connectivity index is 2.49. The smallest absolute Gasteiger partial charge is 0.243 e. The Morgan fingerprint density at radius 1 is 1.41 bits per heavy atom. The Kier molecular flexibility index (Phi) is 3.21. The van der Waals surface area contributed by atoms with E-state index in [0.717, 1.165) is 6.07 Å². The second-order valence-corrected chi connectivity index (χ2v) is 4.26. The maximum atomic E-state index is 13.3. The van der Waals surface area contributed by atoms with Crippen LogP contribution < -0.4 is 5.73 Å². The molecule has 0 aliphatic rings. The van der Waals surface area contributed by atoms with Gasteiger partial charge in [0, 0.05) is 5.56 Å². The summed E-state index contributed by atoms with van der Waals surface area (Å²) in [6.07, 6.45) is 0. The van der Waals surface area contributed by atoms with Gasteiger partial charge >= 0.3 is 0 Å². The van der Waals surface area contributed by atoms with E-state index in [2.05, 4.69) is 26.1 Å². The van der Waals surface area contributed by atoms with E-state index in [1.165, 1.54) is 6.07 Å². The lowest BCUT2D eigenvalue weighted by molar-refractivity contribution is 0.362. The number of nitrogens with two attached hydrogens (primary N) is 1. The molecule has 0 unspecified atom stereocenters. The van der Waals surface area contributed by atoms with E-state index in [9.17, 15) is 8.78 Å². The highest BCUT2D eigenvalue weighted by atomic mass is 79.9. The van der Waals surface area contributed by atoms with Gasteiger partial charge in [0.05, 0.1) is 10.5 Å². The molecular weight excluding hydrogens is 296 g/mol. The summed E-state index contributed by atoms with van der Waals surface area (Å²) in [5.41, 5.74) is 5.86. The lowest BCUT2D eigenvalue weighted by Crippen LogP contribution is -2.04. The SMILES string of the molecule is C[C@@H](N)c1nc(-c2ccc(F)c(F)c2Br)no1. The Bertz CT molecular complexity index is 556. The van der Waals surface area contributed by atoms with Crippen LogP contribution in [0.5, 0.6) is 0 Å². The molecule has 0 spiro atoms. The molecule has 90 valence electrons. The number of hydrogen-bond donors (Lipinski definition) is 1. The van der Waals surface area contributed by atoms with E-state index in [1.54, 1.807) is 6.92 Å². The first kappa shape index (κ1) is 12.1. The summed E-state index contributed by atoms with van der Waals surface area (Å²) in [7, 11) is 0. The minimum absolute atomic E-state index is 0.0467. The van der Waals surface area contributed by atoms with Crippen LogP contribution in [0.4, 0.5) is 8.78 Å². The van der Waals surface area contributed by atoms with Crippen LogP contribution in [-0.4, -0.2) is 10.1 Å². The van der Waals surface area contributed by atoms with Crippen LogP contribution in [0, 0.1) is 11.6 Å². The van der Waals surface area contributed by atoms with Gasteiger partial charge in [-0.15, -0.1) is 0 Å². The zero-order chi connectivity index (χ0) is 12.6. The van der Waals surface area contributed by atoms with E-state index < -0.39 is 17.7 Å². The minimum Gasteiger partial charge on any atom is -0.337 e. The van der Waals surface area contributed by atoms with Gasteiger partial charge in [-0.1, -0.05) is 5.16 Å². The standard InChI is InChI=1S/C10H8BrF2N3O/c1-4(14)10-15-9(16-17-10)5-2-3-6(12)8(13)7(5)11/h2-4H,14H2,1H3/t4-/m1/s1. The summed E-state index contributed by atoms with van der Waals surface area (Å²) in [5, 5.41) is 3.65. The van der Waals surface area contributed by atoms with Crippen molar-refractivity contribution in [3.05, 3.63) is 34.1 Å². The van der Waals surface area contributed by atoms with Gasteiger partial charge in [-0.2, -0.15) is 4.98 Å². The van der Waals surface area contributed by atoms with Crippen molar-refractivity contribution in [3.8, 4) is 11.4 Å². The maximum absolute atomic E-state index is 13.3. The topological polar surface area (TPSA) is 64.9 Å². The molecule has 1 aromatic carbocycles. The Morgan fingerprint density at radius 3 is 2.71 bits per heavy atom. The van der Waals surface area contributed by atoms with Crippen molar-refractivity contribution in [2.24, 2.45) is 5.73 Å². The van der Waals surface area contributed by atoms with E-state index >= 15 is 0 Å². The van der Waals surface area contributed by atoms with Gasteiger partial charge < -0.3 is 10.3 Å². The average Bonchev–Trinajstić information content (AvgIpc) is 2.75. The fourth-order valence-corrected chi connectivity index (χ4v) is 1.73. The van der Waals surface area contributed by atoms with Gasteiger partial charge in [-0.3, -0.25) is 0 Å². The number of aromatic nitrogens is 2. The quantitative estimate of drug-likeness (QED) is 0.866.